The summed E-state index contributed by atoms with van der Waals surface area (Å²) in [5.41, 5.74) is 0.992. The largest absolute Gasteiger partial charge is 0.495 e. The number of hydrogen-bond donors (Lipinski definition) is 2. The van der Waals surface area contributed by atoms with Gasteiger partial charge in [0.15, 0.2) is 11.0 Å². The summed E-state index contributed by atoms with van der Waals surface area (Å²) in [6.45, 7) is 1.81. The molecule has 1 atom stereocenters. The van der Waals surface area contributed by atoms with Gasteiger partial charge in [-0.15, -0.1) is 10.2 Å². The quantitative estimate of drug-likeness (QED) is 0.498. The van der Waals surface area contributed by atoms with Gasteiger partial charge in [0.2, 0.25) is 5.91 Å². The van der Waals surface area contributed by atoms with E-state index in [0.29, 0.717) is 33.0 Å². The Labute approximate surface area is 189 Å². The third-order valence-electron chi connectivity index (χ3n) is 4.44. The molecule has 1 heterocycles. The Bertz CT molecular complexity index is 1090. The Hall–Kier alpha value is -3.04. The molecule has 1 aromatic heterocycles. The average molecular weight is 460 g/mol. The number of rotatable bonds is 8. The van der Waals surface area contributed by atoms with Crippen LogP contribution in [0, 0.1) is 0 Å². The maximum atomic E-state index is 12.5. The number of carbonyl (C=O) groups excluding carboxylic acids is 2. The number of ether oxygens (including phenoxy) is 1. The summed E-state index contributed by atoms with van der Waals surface area (Å²) < 4.78 is 6.99. The molecule has 162 valence electrons. The lowest BCUT2D eigenvalue weighted by Crippen LogP contribution is -2.28. The summed E-state index contributed by atoms with van der Waals surface area (Å²) in [7, 11) is 3.33. The summed E-state index contributed by atoms with van der Waals surface area (Å²) in [4.78, 5) is 24.8. The van der Waals surface area contributed by atoms with Gasteiger partial charge >= 0.3 is 0 Å². The van der Waals surface area contributed by atoms with Crippen molar-refractivity contribution in [1.29, 1.82) is 0 Å². The molecule has 0 aliphatic heterocycles. The van der Waals surface area contributed by atoms with Gasteiger partial charge in [-0.25, -0.2) is 0 Å². The molecule has 0 spiro atoms. The van der Waals surface area contributed by atoms with Gasteiger partial charge in [0.05, 0.1) is 35.2 Å². The monoisotopic (exact) mass is 459 g/mol. The number of aromatic nitrogens is 3. The van der Waals surface area contributed by atoms with Crippen LogP contribution in [0.3, 0.4) is 0 Å². The van der Waals surface area contributed by atoms with Crippen LogP contribution in [0.25, 0.3) is 0 Å². The maximum Gasteiger partial charge on any atom is 0.253 e. The zero-order valence-corrected chi connectivity index (χ0v) is 18.8. The number of halogens is 1. The van der Waals surface area contributed by atoms with Crippen LogP contribution in [0.2, 0.25) is 5.02 Å². The van der Waals surface area contributed by atoms with Gasteiger partial charge in [0, 0.05) is 7.05 Å². The highest BCUT2D eigenvalue weighted by Crippen LogP contribution is 2.24. The molecule has 0 bridgehead atoms. The molecule has 0 fully saturated rings. The van der Waals surface area contributed by atoms with Crippen LogP contribution in [0.1, 0.15) is 29.1 Å². The van der Waals surface area contributed by atoms with E-state index in [1.807, 2.05) is 19.1 Å². The topological polar surface area (TPSA) is 98.1 Å². The van der Waals surface area contributed by atoms with E-state index in [9.17, 15) is 9.59 Å². The number of anilines is 1. The van der Waals surface area contributed by atoms with Crippen molar-refractivity contribution in [3.63, 3.8) is 0 Å². The predicted octanol–water partition coefficient (Wildman–Crippen LogP) is 3.70. The van der Waals surface area contributed by atoms with Crippen LogP contribution < -0.4 is 15.4 Å². The van der Waals surface area contributed by atoms with Crippen molar-refractivity contribution >= 4 is 40.9 Å². The number of hydrogen-bond acceptors (Lipinski definition) is 6. The number of amides is 2. The minimum atomic E-state index is -0.405. The number of methoxy groups -OCH3 is 1. The standard InChI is InChI=1S/C21H22ClN5O3S/c1-13(23-20(29)14-8-4-5-9-15(14)22)19-25-26-21(27(19)2)31-12-18(28)24-16-10-6-7-11-17(16)30-3/h4-11,13H,12H2,1-3H3,(H,23,29)(H,24,28)/t13-/m1/s1. The molecule has 0 aliphatic carbocycles. The lowest BCUT2D eigenvalue weighted by atomic mass is 10.2. The van der Waals surface area contributed by atoms with Gasteiger partial charge in [-0.1, -0.05) is 47.6 Å². The lowest BCUT2D eigenvalue weighted by Gasteiger charge is -2.14. The van der Waals surface area contributed by atoms with Crippen molar-refractivity contribution in [2.24, 2.45) is 7.05 Å². The zero-order valence-electron chi connectivity index (χ0n) is 17.3. The minimum absolute atomic E-state index is 0.143. The molecule has 2 amide bonds. The van der Waals surface area contributed by atoms with Crippen molar-refractivity contribution in [1.82, 2.24) is 20.1 Å². The number of nitrogens with one attached hydrogen (secondary N) is 2. The average Bonchev–Trinajstić information content (AvgIpc) is 3.13. The predicted molar refractivity (Wildman–Crippen MR) is 121 cm³/mol. The first-order valence-electron chi connectivity index (χ1n) is 9.41. The summed E-state index contributed by atoms with van der Waals surface area (Å²) >= 11 is 7.34. The molecule has 8 nitrogen and oxygen atoms in total. The third-order valence-corrected chi connectivity index (χ3v) is 5.79. The van der Waals surface area contributed by atoms with E-state index in [1.54, 1.807) is 55.1 Å². The molecule has 2 aromatic carbocycles. The van der Waals surface area contributed by atoms with E-state index in [2.05, 4.69) is 20.8 Å². The Kier molecular flexibility index (Phi) is 7.54. The normalized spacial score (nSPS) is 11.6. The fourth-order valence-electron chi connectivity index (χ4n) is 2.88. The molecule has 0 saturated heterocycles. The Balaban J connectivity index is 1.60. The number of thioether (sulfide) groups is 1. The molecule has 0 aliphatic rings. The van der Waals surface area contributed by atoms with Crippen LogP contribution in [-0.4, -0.2) is 39.4 Å². The van der Waals surface area contributed by atoms with Gasteiger partial charge in [-0.3, -0.25) is 9.59 Å². The minimum Gasteiger partial charge on any atom is -0.495 e. The van der Waals surface area contributed by atoms with Crippen molar-refractivity contribution in [2.45, 2.75) is 18.1 Å². The third kappa shape index (κ3) is 5.56. The fraction of sp³-hybridized carbons (Fsp3) is 0.238. The maximum absolute atomic E-state index is 12.5. The molecule has 31 heavy (non-hydrogen) atoms. The van der Waals surface area contributed by atoms with E-state index in [1.165, 1.54) is 11.8 Å². The highest BCUT2D eigenvalue weighted by molar-refractivity contribution is 7.99. The van der Waals surface area contributed by atoms with E-state index < -0.39 is 6.04 Å². The molecule has 10 heteroatoms. The molecule has 2 N–H and O–H groups in total. The first-order chi connectivity index (χ1) is 14.9. The van der Waals surface area contributed by atoms with E-state index >= 15 is 0 Å². The molecule has 0 unspecified atom stereocenters. The van der Waals surface area contributed by atoms with Crippen LogP contribution in [0.5, 0.6) is 5.75 Å². The van der Waals surface area contributed by atoms with Crippen LogP contribution >= 0.6 is 23.4 Å². The van der Waals surface area contributed by atoms with E-state index in [4.69, 9.17) is 16.3 Å². The second-order valence-electron chi connectivity index (χ2n) is 6.61. The summed E-state index contributed by atoms with van der Waals surface area (Å²) in [5.74, 6) is 0.799. The smallest absolute Gasteiger partial charge is 0.253 e. The fourth-order valence-corrected chi connectivity index (χ4v) is 3.82. The van der Waals surface area contributed by atoms with Crippen LogP contribution in [0.15, 0.2) is 53.7 Å². The van der Waals surface area contributed by atoms with Crippen LogP contribution in [-0.2, 0) is 11.8 Å². The zero-order chi connectivity index (χ0) is 22.4. The van der Waals surface area contributed by atoms with Crippen molar-refractivity contribution in [2.75, 3.05) is 18.2 Å². The SMILES string of the molecule is COc1ccccc1NC(=O)CSc1nnc([C@@H](C)NC(=O)c2ccccc2Cl)n1C. The first-order valence-corrected chi connectivity index (χ1v) is 10.8. The highest BCUT2D eigenvalue weighted by atomic mass is 35.5. The highest BCUT2D eigenvalue weighted by Gasteiger charge is 2.20. The molecular weight excluding hydrogens is 438 g/mol. The molecular formula is C21H22ClN5O3S. The second-order valence-corrected chi connectivity index (χ2v) is 7.96. The second kappa shape index (κ2) is 10.3. The Morgan fingerprint density at radius 1 is 1.16 bits per heavy atom. The molecule has 0 radical (unpaired) electrons. The summed E-state index contributed by atoms with van der Waals surface area (Å²) in [6, 6.07) is 13.6. The van der Waals surface area contributed by atoms with E-state index in [-0.39, 0.29) is 17.6 Å². The lowest BCUT2D eigenvalue weighted by molar-refractivity contribution is -0.113. The van der Waals surface area contributed by atoms with Gasteiger partial charge in [-0.05, 0) is 31.2 Å². The van der Waals surface area contributed by atoms with Gasteiger partial charge < -0.3 is 19.9 Å². The van der Waals surface area contributed by atoms with Crippen LogP contribution in [0.4, 0.5) is 5.69 Å². The van der Waals surface area contributed by atoms with Crippen molar-refractivity contribution in [3.8, 4) is 5.75 Å². The van der Waals surface area contributed by atoms with E-state index in [0.717, 1.165) is 0 Å². The number of nitrogens with zero attached hydrogens (tertiary/aromatic N) is 3. The molecule has 3 rings (SSSR count). The molecule has 3 aromatic rings. The Morgan fingerprint density at radius 3 is 2.61 bits per heavy atom. The number of para-hydroxylation sites is 2. The summed E-state index contributed by atoms with van der Waals surface area (Å²) in [6.07, 6.45) is 0. The van der Waals surface area contributed by atoms with Gasteiger partial charge in [0.25, 0.3) is 5.91 Å². The first kappa shape index (κ1) is 22.6. The van der Waals surface area contributed by atoms with Gasteiger partial charge in [0.1, 0.15) is 5.75 Å². The van der Waals surface area contributed by atoms with Crippen molar-refractivity contribution in [3.05, 3.63) is 64.9 Å². The molecule has 0 saturated carbocycles. The number of carbonyl (C=O) groups is 2. The van der Waals surface area contributed by atoms with Crippen molar-refractivity contribution < 1.29 is 14.3 Å². The Morgan fingerprint density at radius 2 is 1.87 bits per heavy atom. The number of benzene rings is 2. The summed E-state index contributed by atoms with van der Waals surface area (Å²) in [5, 5.41) is 14.9. The van der Waals surface area contributed by atoms with Gasteiger partial charge in [-0.2, -0.15) is 0 Å².